The second kappa shape index (κ2) is 5.34. The second-order valence-corrected chi connectivity index (χ2v) is 5.36. The number of urea groups is 1. The number of hydrogen-bond donors (Lipinski definition) is 2. The Morgan fingerprint density at radius 2 is 2.39 bits per heavy atom. The molecule has 0 radical (unpaired) electrons. The van der Waals surface area contributed by atoms with Crippen molar-refractivity contribution in [2.45, 2.75) is 13.5 Å². The summed E-state index contributed by atoms with van der Waals surface area (Å²) in [5.74, 6) is -1.14. The highest BCUT2D eigenvalue weighted by Crippen LogP contribution is 2.23. The van der Waals surface area contributed by atoms with E-state index in [4.69, 9.17) is 5.11 Å². The molecule has 2 N–H and O–H groups in total. The van der Waals surface area contributed by atoms with E-state index in [-0.39, 0.29) is 11.9 Å². The highest BCUT2D eigenvalue weighted by atomic mass is 32.1. The molecule has 0 aromatic carbocycles. The smallest absolute Gasteiger partial charge is 0.317 e. The number of amides is 2. The van der Waals surface area contributed by atoms with E-state index in [1.165, 1.54) is 11.3 Å². The first kappa shape index (κ1) is 12.8. The van der Waals surface area contributed by atoms with Crippen molar-refractivity contribution in [3.8, 4) is 0 Å². The average molecular weight is 269 g/mol. The summed E-state index contributed by atoms with van der Waals surface area (Å²) >= 11 is 1.49. The van der Waals surface area contributed by atoms with Gasteiger partial charge >= 0.3 is 12.0 Å². The molecule has 0 bridgehead atoms. The SMILES string of the molecule is CC(C(=O)O)C1CN(C(=O)NCc2nccs2)C1. The lowest BCUT2D eigenvalue weighted by Crippen LogP contribution is -2.56. The zero-order chi connectivity index (χ0) is 13.1. The van der Waals surface area contributed by atoms with Crippen LogP contribution in [-0.4, -0.2) is 40.1 Å². The number of carboxylic acid groups (broad SMARTS) is 1. The largest absolute Gasteiger partial charge is 0.481 e. The van der Waals surface area contributed by atoms with Crippen LogP contribution in [0.4, 0.5) is 4.79 Å². The van der Waals surface area contributed by atoms with Crippen molar-refractivity contribution in [2.75, 3.05) is 13.1 Å². The topological polar surface area (TPSA) is 82.5 Å². The quantitative estimate of drug-likeness (QED) is 0.854. The molecule has 2 heterocycles. The third kappa shape index (κ3) is 2.79. The third-order valence-electron chi connectivity index (χ3n) is 3.17. The average Bonchev–Trinajstić information content (AvgIpc) is 2.76. The molecule has 0 aliphatic carbocycles. The van der Waals surface area contributed by atoms with E-state index in [1.807, 2.05) is 5.38 Å². The van der Waals surface area contributed by atoms with E-state index in [1.54, 1.807) is 18.0 Å². The Morgan fingerprint density at radius 1 is 1.67 bits per heavy atom. The van der Waals surface area contributed by atoms with Crippen molar-refractivity contribution in [1.82, 2.24) is 15.2 Å². The predicted octanol–water partition coefficient (Wildman–Crippen LogP) is 1.01. The molecule has 2 rings (SSSR count). The van der Waals surface area contributed by atoms with Crippen LogP contribution in [0.2, 0.25) is 0 Å². The zero-order valence-electron chi connectivity index (χ0n) is 10.00. The van der Waals surface area contributed by atoms with E-state index in [2.05, 4.69) is 10.3 Å². The van der Waals surface area contributed by atoms with Crippen LogP contribution in [0.1, 0.15) is 11.9 Å². The zero-order valence-corrected chi connectivity index (χ0v) is 10.8. The fourth-order valence-electron chi connectivity index (χ4n) is 1.80. The predicted molar refractivity (Wildman–Crippen MR) is 66.2 cm³/mol. The van der Waals surface area contributed by atoms with E-state index < -0.39 is 11.9 Å². The van der Waals surface area contributed by atoms with Crippen molar-refractivity contribution in [3.05, 3.63) is 16.6 Å². The van der Waals surface area contributed by atoms with Crippen molar-refractivity contribution in [3.63, 3.8) is 0 Å². The summed E-state index contributed by atoms with van der Waals surface area (Å²) in [6, 6.07) is -0.154. The van der Waals surface area contributed by atoms with Crippen LogP contribution < -0.4 is 5.32 Å². The molecule has 1 aliphatic heterocycles. The molecule has 0 spiro atoms. The maximum absolute atomic E-state index is 11.7. The molecule has 98 valence electrons. The summed E-state index contributed by atoms with van der Waals surface area (Å²) in [7, 11) is 0. The monoisotopic (exact) mass is 269 g/mol. The second-order valence-electron chi connectivity index (χ2n) is 4.38. The van der Waals surface area contributed by atoms with E-state index in [9.17, 15) is 9.59 Å². The lowest BCUT2D eigenvalue weighted by molar-refractivity contribution is -0.144. The third-order valence-corrected chi connectivity index (χ3v) is 3.95. The fourth-order valence-corrected chi connectivity index (χ4v) is 2.36. The van der Waals surface area contributed by atoms with Gasteiger partial charge in [-0.15, -0.1) is 11.3 Å². The molecule has 0 saturated carbocycles. The van der Waals surface area contributed by atoms with Gasteiger partial charge in [0.15, 0.2) is 0 Å². The summed E-state index contributed by atoms with van der Waals surface area (Å²) in [6.45, 7) is 3.12. The number of likely N-dealkylation sites (tertiary alicyclic amines) is 1. The molecule has 1 aromatic rings. The molecule has 1 aliphatic rings. The van der Waals surface area contributed by atoms with Gasteiger partial charge in [-0.1, -0.05) is 6.92 Å². The van der Waals surface area contributed by atoms with Gasteiger partial charge in [-0.3, -0.25) is 4.79 Å². The summed E-state index contributed by atoms with van der Waals surface area (Å²) in [5.41, 5.74) is 0. The van der Waals surface area contributed by atoms with Gasteiger partial charge in [-0.25, -0.2) is 9.78 Å². The minimum atomic E-state index is -0.803. The Kier molecular flexibility index (Phi) is 3.81. The van der Waals surface area contributed by atoms with Crippen LogP contribution in [-0.2, 0) is 11.3 Å². The Hall–Kier alpha value is -1.63. The number of rotatable bonds is 4. The van der Waals surface area contributed by atoms with Gasteiger partial charge < -0.3 is 15.3 Å². The first-order chi connectivity index (χ1) is 8.58. The summed E-state index contributed by atoms with van der Waals surface area (Å²) in [4.78, 5) is 28.2. The number of carboxylic acids is 1. The lowest BCUT2D eigenvalue weighted by atomic mass is 9.87. The van der Waals surface area contributed by atoms with Gasteiger partial charge in [0.1, 0.15) is 5.01 Å². The molecule has 1 atom stereocenters. The van der Waals surface area contributed by atoms with Crippen molar-refractivity contribution in [2.24, 2.45) is 11.8 Å². The normalized spacial score (nSPS) is 17.1. The number of thiazole rings is 1. The summed E-state index contributed by atoms with van der Waals surface area (Å²) in [5, 5.41) is 14.3. The van der Waals surface area contributed by atoms with Gasteiger partial charge in [0, 0.05) is 30.6 Å². The number of aromatic nitrogens is 1. The maximum Gasteiger partial charge on any atom is 0.317 e. The molecule has 2 amide bonds. The number of hydrogen-bond acceptors (Lipinski definition) is 4. The summed E-state index contributed by atoms with van der Waals surface area (Å²) in [6.07, 6.45) is 1.69. The molecule has 7 heteroatoms. The highest BCUT2D eigenvalue weighted by Gasteiger charge is 2.37. The van der Waals surface area contributed by atoms with Crippen molar-refractivity contribution >= 4 is 23.3 Å². The molecular weight excluding hydrogens is 254 g/mol. The molecule has 18 heavy (non-hydrogen) atoms. The maximum atomic E-state index is 11.7. The minimum absolute atomic E-state index is 0.0631. The fraction of sp³-hybridized carbons (Fsp3) is 0.545. The highest BCUT2D eigenvalue weighted by molar-refractivity contribution is 7.09. The van der Waals surface area contributed by atoms with Gasteiger partial charge in [0.25, 0.3) is 0 Å². The number of aliphatic carboxylic acids is 1. The van der Waals surface area contributed by atoms with Crippen LogP contribution in [0.3, 0.4) is 0 Å². The van der Waals surface area contributed by atoms with Crippen LogP contribution in [0.5, 0.6) is 0 Å². The molecule has 1 saturated heterocycles. The Morgan fingerprint density at radius 3 is 2.94 bits per heavy atom. The first-order valence-electron chi connectivity index (χ1n) is 5.72. The molecular formula is C11H15N3O3S. The van der Waals surface area contributed by atoms with Crippen LogP contribution in [0, 0.1) is 11.8 Å². The van der Waals surface area contributed by atoms with Crippen LogP contribution in [0.15, 0.2) is 11.6 Å². The summed E-state index contributed by atoms with van der Waals surface area (Å²) < 4.78 is 0. The lowest BCUT2D eigenvalue weighted by Gasteiger charge is -2.40. The Bertz CT molecular complexity index is 429. The van der Waals surface area contributed by atoms with E-state index in [0.717, 1.165) is 5.01 Å². The minimum Gasteiger partial charge on any atom is -0.481 e. The van der Waals surface area contributed by atoms with Crippen LogP contribution in [0.25, 0.3) is 0 Å². The number of carbonyl (C=O) groups excluding carboxylic acids is 1. The Balaban J connectivity index is 1.71. The first-order valence-corrected chi connectivity index (χ1v) is 6.60. The van der Waals surface area contributed by atoms with Gasteiger partial charge in [0.05, 0.1) is 12.5 Å². The molecule has 6 nitrogen and oxygen atoms in total. The number of carbonyl (C=O) groups is 2. The number of nitrogens with one attached hydrogen (secondary N) is 1. The van der Waals surface area contributed by atoms with Gasteiger partial charge in [-0.05, 0) is 0 Å². The molecule has 1 aromatic heterocycles. The standard InChI is InChI=1S/C11H15N3O3S/c1-7(10(15)16)8-5-14(6-8)11(17)13-4-9-12-2-3-18-9/h2-3,7-8H,4-6H2,1H3,(H,13,17)(H,15,16). The van der Waals surface area contributed by atoms with Gasteiger partial charge in [0.2, 0.25) is 0 Å². The van der Waals surface area contributed by atoms with Crippen molar-refractivity contribution in [1.29, 1.82) is 0 Å². The van der Waals surface area contributed by atoms with E-state index in [0.29, 0.717) is 19.6 Å². The van der Waals surface area contributed by atoms with Crippen molar-refractivity contribution < 1.29 is 14.7 Å². The van der Waals surface area contributed by atoms with Gasteiger partial charge in [-0.2, -0.15) is 0 Å². The van der Waals surface area contributed by atoms with E-state index >= 15 is 0 Å². The molecule has 1 fully saturated rings. The Labute approximate surface area is 109 Å². The van der Waals surface area contributed by atoms with Crippen LogP contribution >= 0.6 is 11.3 Å². The molecule has 1 unspecified atom stereocenters. The number of nitrogens with zero attached hydrogens (tertiary/aromatic N) is 2.